The maximum atomic E-state index is 13.9. The van der Waals surface area contributed by atoms with E-state index in [1.807, 2.05) is 24.3 Å². The number of aromatic nitrogens is 1. The maximum Gasteiger partial charge on any atom is 0.186 e. The van der Waals surface area contributed by atoms with Crippen LogP contribution in [-0.4, -0.2) is 76.1 Å². The van der Waals surface area contributed by atoms with Crippen molar-refractivity contribution in [1.82, 2.24) is 9.88 Å². The number of thiazole rings is 1. The zero-order chi connectivity index (χ0) is 27.9. The van der Waals surface area contributed by atoms with Gasteiger partial charge in [0.05, 0.1) is 22.9 Å². The number of piperazine rings is 1. The Bertz CT molecular complexity index is 1390. The zero-order valence-electron chi connectivity index (χ0n) is 23.4. The van der Waals surface area contributed by atoms with Crippen molar-refractivity contribution in [3.63, 3.8) is 0 Å². The van der Waals surface area contributed by atoms with Gasteiger partial charge >= 0.3 is 0 Å². The molecule has 2 N–H and O–H groups in total. The molecule has 0 bridgehead atoms. The quantitative estimate of drug-likeness (QED) is 0.583. The minimum atomic E-state index is -1.43. The summed E-state index contributed by atoms with van der Waals surface area (Å²) in [5.74, 6) is 0.330. The summed E-state index contributed by atoms with van der Waals surface area (Å²) in [7, 11) is 0. The average molecular weight is 562 g/mol. The molecule has 0 amide bonds. The predicted molar refractivity (Wildman–Crippen MR) is 156 cm³/mol. The summed E-state index contributed by atoms with van der Waals surface area (Å²) < 4.78 is 1.19. The number of hydrogen-bond acceptors (Lipinski definition) is 8. The van der Waals surface area contributed by atoms with Crippen molar-refractivity contribution in [2.75, 3.05) is 37.6 Å². The molecule has 5 aliphatic rings. The van der Waals surface area contributed by atoms with Gasteiger partial charge in [0.2, 0.25) is 0 Å². The Balaban J connectivity index is 1.05. The number of Topliss-reactive ketones (excluding diaryl/α,β-unsaturated/α-hetero) is 1. The second kappa shape index (κ2) is 9.31. The van der Waals surface area contributed by atoms with Gasteiger partial charge in [0, 0.05) is 42.9 Å². The number of aliphatic hydroxyl groups excluding tert-OH is 1. The van der Waals surface area contributed by atoms with Gasteiger partial charge in [-0.1, -0.05) is 49.0 Å². The molecule has 0 spiro atoms. The van der Waals surface area contributed by atoms with Crippen molar-refractivity contribution in [2.45, 2.75) is 57.7 Å². The highest BCUT2D eigenvalue weighted by atomic mass is 32.1. The smallest absolute Gasteiger partial charge is 0.186 e. The van der Waals surface area contributed by atoms with Gasteiger partial charge in [-0.25, -0.2) is 4.98 Å². The summed E-state index contributed by atoms with van der Waals surface area (Å²) in [6.45, 7) is 7.57. The molecule has 40 heavy (non-hydrogen) atoms. The summed E-state index contributed by atoms with van der Waals surface area (Å²) in [5, 5.41) is 24.8. The summed E-state index contributed by atoms with van der Waals surface area (Å²) in [6, 6.07) is 8.19. The number of carbonyl (C=O) groups excluding carboxylic acids is 2. The number of para-hydroxylation sites is 1. The maximum absolute atomic E-state index is 13.9. The highest BCUT2D eigenvalue weighted by molar-refractivity contribution is 7.22. The first kappa shape index (κ1) is 26.5. The van der Waals surface area contributed by atoms with Gasteiger partial charge in [-0.15, -0.1) is 0 Å². The van der Waals surface area contributed by atoms with Crippen LogP contribution in [0, 0.1) is 28.6 Å². The zero-order valence-corrected chi connectivity index (χ0v) is 24.2. The van der Waals surface area contributed by atoms with Crippen LogP contribution in [0.3, 0.4) is 0 Å². The number of fused-ring (bicyclic) bond motifs is 6. The lowest BCUT2D eigenvalue weighted by atomic mass is 9.46. The lowest BCUT2D eigenvalue weighted by molar-refractivity contribution is -0.177. The number of ketones is 2. The Morgan fingerprint density at radius 1 is 1.15 bits per heavy atom. The molecule has 1 aromatic heterocycles. The van der Waals surface area contributed by atoms with E-state index in [9.17, 15) is 19.8 Å². The van der Waals surface area contributed by atoms with Crippen LogP contribution in [0.2, 0.25) is 0 Å². The van der Waals surface area contributed by atoms with Crippen LogP contribution in [-0.2, 0) is 9.59 Å². The number of rotatable bonds is 4. The lowest BCUT2D eigenvalue weighted by Gasteiger charge is -2.59. The minimum absolute atomic E-state index is 0.00274. The number of benzene rings is 1. The molecule has 4 aliphatic carbocycles. The largest absolute Gasteiger partial charge is 0.393 e. The van der Waals surface area contributed by atoms with Crippen LogP contribution in [0.15, 0.2) is 48.1 Å². The summed E-state index contributed by atoms with van der Waals surface area (Å²) in [4.78, 5) is 35.2. The normalized spacial score (nSPS) is 39.5. The number of carbonyl (C=O) groups is 2. The van der Waals surface area contributed by atoms with Crippen molar-refractivity contribution < 1.29 is 19.8 Å². The van der Waals surface area contributed by atoms with Gasteiger partial charge in [-0.3, -0.25) is 14.5 Å². The van der Waals surface area contributed by atoms with Crippen LogP contribution < -0.4 is 4.90 Å². The van der Waals surface area contributed by atoms with Gasteiger partial charge in [0.15, 0.2) is 16.7 Å². The lowest BCUT2D eigenvalue weighted by Crippen LogP contribution is -2.62. The molecule has 1 saturated heterocycles. The van der Waals surface area contributed by atoms with Gasteiger partial charge in [0.1, 0.15) is 5.60 Å². The van der Waals surface area contributed by atoms with E-state index in [2.05, 4.69) is 29.7 Å². The van der Waals surface area contributed by atoms with Crippen LogP contribution in [0.25, 0.3) is 10.2 Å². The fourth-order valence-corrected chi connectivity index (χ4v) is 10.2. The Labute approximate surface area is 239 Å². The molecule has 5 unspecified atom stereocenters. The first-order valence-corrected chi connectivity index (χ1v) is 15.6. The second-order valence-electron chi connectivity index (χ2n) is 13.3. The van der Waals surface area contributed by atoms with Crippen molar-refractivity contribution in [1.29, 1.82) is 0 Å². The molecule has 1 aromatic carbocycles. The highest BCUT2D eigenvalue weighted by Gasteiger charge is 2.68. The third-order valence-electron chi connectivity index (χ3n) is 11.4. The molecule has 7 nitrogen and oxygen atoms in total. The van der Waals surface area contributed by atoms with Gasteiger partial charge in [0.25, 0.3) is 0 Å². The van der Waals surface area contributed by atoms with Crippen molar-refractivity contribution >= 4 is 38.3 Å². The Morgan fingerprint density at radius 3 is 2.70 bits per heavy atom. The Morgan fingerprint density at radius 2 is 1.93 bits per heavy atom. The van der Waals surface area contributed by atoms with E-state index < -0.39 is 17.1 Å². The van der Waals surface area contributed by atoms with E-state index in [-0.39, 0.29) is 41.3 Å². The second-order valence-corrected chi connectivity index (χ2v) is 14.3. The van der Waals surface area contributed by atoms with Crippen LogP contribution in [0.4, 0.5) is 5.13 Å². The molecular formula is C32H39N3O4S. The monoisotopic (exact) mass is 561 g/mol. The van der Waals surface area contributed by atoms with E-state index in [1.54, 1.807) is 23.5 Å². The Hall–Kier alpha value is -2.39. The fourth-order valence-electron chi connectivity index (χ4n) is 9.22. The average Bonchev–Trinajstić information content (AvgIpc) is 3.48. The molecule has 2 aromatic rings. The van der Waals surface area contributed by atoms with E-state index in [1.165, 1.54) is 4.70 Å². The SMILES string of the molecule is CC12C=CC(=O)C=C1CCC1C2[C@@H](O)CC2(C)C1CC[C@]2(O)C(=O)CN1CCN(c2nc3ccccc3s2)CC1. The van der Waals surface area contributed by atoms with E-state index >= 15 is 0 Å². The van der Waals surface area contributed by atoms with Crippen LogP contribution in [0.1, 0.15) is 46.0 Å². The molecule has 0 radical (unpaired) electrons. The predicted octanol–water partition coefficient (Wildman–Crippen LogP) is 4.00. The molecule has 4 fully saturated rings. The standard InChI is InChI=1S/C32H39N3O4S/c1-30-11-9-21(36)17-20(30)7-8-22-23-10-12-32(39,31(23,2)18-25(37)28(22)30)27(38)19-34-13-15-35(16-14-34)29-33-24-5-3-4-6-26(24)40-29/h3-6,9,11,17,22-23,25,28,37,39H,7-8,10,12-16,18-19H2,1-2H3/t22?,23?,25-,28?,30?,31?,32-/m0/s1. The highest BCUT2D eigenvalue weighted by Crippen LogP contribution is 2.67. The number of anilines is 1. The summed E-state index contributed by atoms with van der Waals surface area (Å²) in [6.07, 6.45) is 8.19. The minimum Gasteiger partial charge on any atom is -0.393 e. The number of allylic oxidation sites excluding steroid dienone is 4. The molecular weight excluding hydrogens is 522 g/mol. The molecule has 3 saturated carbocycles. The van der Waals surface area contributed by atoms with Crippen LogP contribution in [0.5, 0.6) is 0 Å². The molecule has 2 heterocycles. The molecule has 8 heteroatoms. The first-order chi connectivity index (χ1) is 19.1. The number of nitrogens with zero attached hydrogens (tertiary/aromatic N) is 3. The fraction of sp³-hybridized carbons (Fsp3) is 0.594. The van der Waals surface area contributed by atoms with Crippen molar-refractivity contribution in [3.8, 4) is 0 Å². The third kappa shape index (κ3) is 3.82. The van der Waals surface area contributed by atoms with Gasteiger partial charge < -0.3 is 15.1 Å². The third-order valence-corrected chi connectivity index (χ3v) is 12.5. The number of hydrogen-bond donors (Lipinski definition) is 2. The van der Waals surface area contributed by atoms with Crippen molar-refractivity contribution in [2.24, 2.45) is 28.6 Å². The molecule has 212 valence electrons. The van der Waals surface area contributed by atoms with Crippen LogP contribution >= 0.6 is 11.3 Å². The van der Waals surface area contributed by atoms with Gasteiger partial charge in [-0.2, -0.15) is 0 Å². The first-order valence-electron chi connectivity index (χ1n) is 14.8. The van der Waals surface area contributed by atoms with Gasteiger partial charge in [-0.05, 0) is 68.2 Å². The van der Waals surface area contributed by atoms with E-state index in [0.717, 1.165) is 61.7 Å². The van der Waals surface area contributed by atoms with Crippen molar-refractivity contribution in [3.05, 3.63) is 48.1 Å². The Kier molecular flexibility index (Phi) is 6.17. The number of aliphatic hydroxyl groups is 2. The molecule has 7 atom stereocenters. The molecule has 1 aliphatic heterocycles. The van der Waals surface area contributed by atoms with E-state index in [0.29, 0.717) is 12.8 Å². The topological polar surface area (TPSA) is 94.0 Å². The summed E-state index contributed by atoms with van der Waals surface area (Å²) >= 11 is 1.71. The summed E-state index contributed by atoms with van der Waals surface area (Å²) in [5.41, 5.74) is -0.276. The van der Waals surface area contributed by atoms with E-state index in [4.69, 9.17) is 4.98 Å². The molecule has 7 rings (SSSR count).